The first kappa shape index (κ1) is 11.2. The molecule has 0 aliphatic rings. The number of aliphatic hydroxyl groups is 1. The minimum absolute atomic E-state index is 0.278. The maximum Gasteiger partial charge on any atom is 0.350 e. The molecule has 14 heavy (non-hydrogen) atoms. The lowest BCUT2D eigenvalue weighted by Crippen LogP contribution is -2.09. The average Bonchev–Trinajstić information content (AvgIpc) is 2.10. The first-order valence-corrected chi connectivity index (χ1v) is 4.12. The predicted octanol–water partition coefficient (Wildman–Crippen LogP) is 1.69. The molecular formula is C8H8ClF2NO2. The molecule has 0 spiro atoms. The molecule has 6 heteroatoms. The lowest BCUT2D eigenvalue weighted by atomic mass is 10.2. The van der Waals surface area contributed by atoms with E-state index in [2.05, 4.69) is 9.57 Å². The number of hydrogen-bond donors (Lipinski definition) is 2. The van der Waals surface area contributed by atoms with Gasteiger partial charge in [-0.3, -0.25) is 0 Å². The van der Waals surface area contributed by atoms with Gasteiger partial charge >= 0.3 is 6.54 Å². The van der Waals surface area contributed by atoms with Gasteiger partial charge in [0, 0.05) is 6.54 Å². The van der Waals surface area contributed by atoms with E-state index in [4.69, 9.17) is 16.9 Å². The van der Waals surface area contributed by atoms with Crippen LogP contribution in [-0.4, -0.2) is 11.7 Å². The van der Waals surface area contributed by atoms with Crippen molar-refractivity contribution in [2.45, 2.75) is 13.1 Å². The molecule has 0 saturated carbocycles. The van der Waals surface area contributed by atoms with Crippen molar-refractivity contribution in [3.63, 3.8) is 0 Å². The third-order valence-corrected chi connectivity index (χ3v) is 1.62. The second kappa shape index (κ2) is 5.09. The van der Waals surface area contributed by atoms with Gasteiger partial charge in [0.15, 0.2) is 11.6 Å². The number of halogens is 3. The summed E-state index contributed by atoms with van der Waals surface area (Å²) in [7, 11) is 0. The van der Waals surface area contributed by atoms with E-state index < -0.39 is 12.4 Å². The van der Waals surface area contributed by atoms with E-state index in [0.29, 0.717) is 5.56 Å². The molecule has 0 amide bonds. The second-order valence-electron chi connectivity index (χ2n) is 2.49. The summed E-state index contributed by atoms with van der Waals surface area (Å²) in [4.78, 5) is 2.32. The van der Waals surface area contributed by atoms with Gasteiger partial charge in [-0.05, 0) is 29.5 Å². The molecule has 1 rings (SSSR count). The van der Waals surface area contributed by atoms with Crippen molar-refractivity contribution in [3.8, 4) is 5.75 Å². The zero-order valence-electron chi connectivity index (χ0n) is 7.01. The third-order valence-electron chi connectivity index (χ3n) is 1.49. The summed E-state index contributed by atoms with van der Waals surface area (Å²) in [6, 6.07) is 3.80. The maximum atomic E-state index is 12.9. The van der Waals surface area contributed by atoms with Crippen LogP contribution < -0.4 is 9.57 Å². The molecule has 0 saturated heterocycles. The molecule has 0 heterocycles. The van der Waals surface area contributed by atoms with Crippen molar-refractivity contribution in [2.24, 2.45) is 0 Å². The quantitative estimate of drug-likeness (QED) is 0.603. The highest BCUT2D eigenvalue weighted by atomic mass is 35.5. The van der Waals surface area contributed by atoms with Gasteiger partial charge in [0.25, 0.3) is 0 Å². The van der Waals surface area contributed by atoms with E-state index in [1.54, 1.807) is 0 Å². The molecule has 0 aliphatic heterocycles. The van der Waals surface area contributed by atoms with Gasteiger partial charge in [0.05, 0.1) is 0 Å². The monoisotopic (exact) mass is 223 g/mol. The van der Waals surface area contributed by atoms with Crippen molar-refractivity contribution in [1.82, 2.24) is 4.84 Å². The van der Waals surface area contributed by atoms with Gasteiger partial charge in [0.2, 0.25) is 0 Å². The molecule has 1 aromatic rings. The zero-order valence-corrected chi connectivity index (χ0v) is 7.76. The highest BCUT2D eigenvalue weighted by Gasteiger charge is 2.08. The SMILES string of the molecule is OC(F)Oc1cc(CNCl)ccc1F. The van der Waals surface area contributed by atoms with E-state index in [9.17, 15) is 8.78 Å². The highest BCUT2D eigenvalue weighted by Crippen LogP contribution is 2.20. The Balaban J connectivity index is 2.84. The predicted molar refractivity (Wildman–Crippen MR) is 46.8 cm³/mol. The van der Waals surface area contributed by atoms with Gasteiger partial charge in [-0.15, -0.1) is 0 Å². The third kappa shape index (κ3) is 3.10. The molecule has 2 N–H and O–H groups in total. The van der Waals surface area contributed by atoms with E-state index >= 15 is 0 Å². The van der Waals surface area contributed by atoms with Crippen LogP contribution in [0.5, 0.6) is 5.75 Å². The highest BCUT2D eigenvalue weighted by molar-refractivity contribution is 6.13. The zero-order chi connectivity index (χ0) is 10.6. The minimum Gasteiger partial charge on any atom is -0.435 e. The Morgan fingerprint density at radius 1 is 1.57 bits per heavy atom. The molecule has 1 atom stereocenters. The Bertz CT molecular complexity index is 309. The van der Waals surface area contributed by atoms with Gasteiger partial charge in [-0.25, -0.2) is 9.23 Å². The summed E-state index contributed by atoms with van der Waals surface area (Å²) in [6.45, 7) is -2.26. The summed E-state index contributed by atoms with van der Waals surface area (Å²) in [5.74, 6) is -1.11. The van der Waals surface area contributed by atoms with Gasteiger partial charge < -0.3 is 9.84 Å². The lowest BCUT2D eigenvalue weighted by Gasteiger charge is -2.08. The van der Waals surface area contributed by atoms with Gasteiger partial charge in [-0.1, -0.05) is 6.07 Å². The van der Waals surface area contributed by atoms with Crippen molar-refractivity contribution >= 4 is 11.8 Å². The summed E-state index contributed by atoms with van der Waals surface area (Å²) < 4.78 is 29.1. The fourth-order valence-electron chi connectivity index (χ4n) is 0.930. The van der Waals surface area contributed by atoms with Crippen molar-refractivity contribution < 1.29 is 18.6 Å². The van der Waals surface area contributed by atoms with Crippen LogP contribution in [0.3, 0.4) is 0 Å². The molecule has 3 nitrogen and oxygen atoms in total. The Hall–Kier alpha value is -0.910. The van der Waals surface area contributed by atoms with Crippen LogP contribution in [0.4, 0.5) is 8.78 Å². The van der Waals surface area contributed by atoms with Gasteiger partial charge in [-0.2, -0.15) is 4.39 Å². The molecule has 78 valence electrons. The minimum atomic E-state index is -2.54. The molecule has 1 unspecified atom stereocenters. The molecule has 0 aromatic heterocycles. The Kier molecular flexibility index (Phi) is 4.06. The maximum absolute atomic E-state index is 12.9. The second-order valence-corrected chi connectivity index (χ2v) is 2.75. The van der Waals surface area contributed by atoms with Crippen LogP contribution in [-0.2, 0) is 6.54 Å². The first-order valence-electron chi connectivity index (χ1n) is 3.74. The number of hydrogen-bond acceptors (Lipinski definition) is 3. The number of aliphatic hydroxyl groups excluding tert-OH is 1. The topological polar surface area (TPSA) is 41.5 Å². The Morgan fingerprint density at radius 3 is 2.86 bits per heavy atom. The summed E-state index contributed by atoms with van der Waals surface area (Å²) in [6.07, 6.45) is 0. The number of rotatable bonds is 4. The summed E-state index contributed by atoms with van der Waals surface area (Å²) in [5.41, 5.74) is 0.608. The molecule has 1 aromatic carbocycles. The van der Waals surface area contributed by atoms with Crippen LogP contribution in [0.25, 0.3) is 0 Å². The molecule has 0 bridgehead atoms. The number of benzene rings is 1. The normalized spacial score (nSPS) is 12.6. The van der Waals surface area contributed by atoms with Crippen LogP contribution in [0, 0.1) is 5.82 Å². The summed E-state index contributed by atoms with van der Waals surface area (Å²) >= 11 is 5.23. The van der Waals surface area contributed by atoms with E-state index in [-0.39, 0.29) is 12.3 Å². The molecule has 0 aliphatic carbocycles. The van der Waals surface area contributed by atoms with Crippen molar-refractivity contribution in [3.05, 3.63) is 29.6 Å². The van der Waals surface area contributed by atoms with E-state index in [1.165, 1.54) is 12.1 Å². The van der Waals surface area contributed by atoms with Crippen LogP contribution >= 0.6 is 11.8 Å². The smallest absolute Gasteiger partial charge is 0.350 e. The Morgan fingerprint density at radius 2 is 2.29 bits per heavy atom. The molecule has 0 fully saturated rings. The first-order chi connectivity index (χ1) is 6.63. The standard InChI is InChI=1S/C8H8ClF2NO2/c9-12-4-5-1-2-6(10)7(3-5)14-8(11)13/h1-3,8,12-13H,4H2. The Labute approximate surface area is 84.4 Å². The van der Waals surface area contributed by atoms with E-state index in [0.717, 1.165) is 6.07 Å². The molecular weight excluding hydrogens is 216 g/mol. The fraction of sp³-hybridized carbons (Fsp3) is 0.250. The fourth-order valence-corrected chi connectivity index (χ4v) is 1.08. The lowest BCUT2D eigenvalue weighted by molar-refractivity contribution is -0.121. The van der Waals surface area contributed by atoms with Crippen molar-refractivity contribution in [1.29, 1.82) is 0 Å². The number of nitrogens with one attached hydrogen (secondary N) is 1. The number of alkyl halides is 1. The van der Waals surface area contributed by atoms with Crippen LogP contribution in [0.1, 0.15) is 5.56 Å². The van der Waals surface area contributed by atoms with Crippen LogP contribution in [0.15, 0.2) is 18.2 Å². The number of ether oxygens (including phenoxy) is 1. The summed E-state index contributed by atoms with van der Waals surface area (Å²) in [5, 5.41) is 8.25. The molecule has 0 radical (unpaired) electrons. The van der Waals surface area contributed by atoms with E-state index in [1.807, 2.05) is 0 Å². The van der Waals surface area contributed by atoms with Gasteiger partial charge in [0.1, 0.15) is 0 Å². The van der Waals surface area contributed by atoms with Crippen LogP contribution in [0.2, 0.25) is 0 Å². The van der Waals surface area contributed by atoms with Crippen molar-refractivity contribution in [2.75, 3.05) is 0 Å². The largest absolute Gasteiger partial charge is 0.435 e. The average molecular weight is 224 g/mol.